The first-order chi connectivity index (χ1) is 11.5. The Morgan fingerprint density at radius 2 is 2.17 bits per heavy atom. The third-order valence-corrected chi connectivity index (χ3v) is 3.44. The van der Waals surface area contributed by atoms with E-state index in [0.717, 1.165) is 5.56 Å². The van der Waals surface area contributed by atoms with Gasteiger partial charge in [-0.3, -0.25) is 4.79 Å². The zero-order valence-electron chi connectivity index (χ0n) is 13.0. The summed E-state index contributed by atoms with van der Waals surface area (Å²) in [5.41, 5.74) is -0.0985. The average molecular weight is 355 g/mol. The van der Waals surface area contributed by atoms with Gasteiger partial charge in [-0.1, -0.05) is 17.7 Å². The molecule has 2 rings (SSSR count). The largest absolute Gasteiger partial charge is 0.493 e. The summed E-state index contributed by atoms with van der Waals surface area (Å²) in [6.07, 6.45) is 0. The van der Waals surface area contributed by atoms with Crippen molar-refractivity contribution in [1.29, 1.82) is 0 Å². The normalized spacial score (nSPS) is 10.3. The SMILES string of the molecule is CCOc1cc(CNc2c([N+](=O)[O-])n[nH]c(=O)c2Cl)ccc1OC. The Bertz CT molecular complexity index is 808. The Labute approximate surface area is 141 Å². The van der Waals surface area contributed by atoms with Gasteiger partial charge >= 0.3 is 11.4 Å². The van der Waals surface area contributed by atoms with Crippen LogP contribution in [0.25, 0.3) is 0 Å². The fourth-order valence-corrected chi connectivity index (χ4v) is 2.19. The summed E-state index contributed by atoms with van der Waals surface area (Å²) in [7, 11) is 1.53. The Kier molecular flexibility index (Phi) is 5.59. The smallest absolute Gasteiger partial charge is 0.413 e. The Morgan fingerprint density at radius 3 is 2.79 bits per heavy atom. The quantitative estimate of drug-likeness (QED) is 0.578. The van der Waals surface area contributed by atoms with Crippen molar-refractivity contribution in [3.8, 4) is 11.5 Å². The summed E-state index contributed by atoms with van der Waals surface area (Å²) in [5.74, 6) is 0.560. The van der Waals surface area contributed by atoms with Gasteiger partial charge in [-0.25, -0.2) is 0 Å². The second kappa shape index (κ2) is 7.64. The van der Waals surface area contributed by atoms with E-state index in [4.69, 9.17) is 21.1 Å². The van der Waals surface area contributed by atoms with Gasteiger partial charge in [-0.2, -0.15) is 0 Å². The fourth-order valence-electron chi connectivity index (χ4n) is 2.00. The minimum Gasteiger partial charge on any atom is -0.493 e. The van der Waals surface area contributed by atoms with Crippen LogP contribution in [0.1, 0.15) is 12.5 Å². The number of nitro groups is 1. The molecule has 0 fully saturated rings. The van der Waals surface area contributed by atoms with E-state index in [0.29, 0.717) is 18.1 Å². The molecular weight excluding hydrogens is 340 g/mol. The van der Waals surface area contributed by atoms with E-state index in [1.165, 1.54) is 7.11 Å². The summed E-state index contributed by atoms with van der Waals surface area (Å²) in [4.78, 5) is 21.8. The number of aromatic amines is 1. The third-order valence-electron chi connectivity index (χ3n) is 3.08. The number of halogens is 1. The van der Waals surface area contributed by atoms with Gasteiger partial charge in [0.25, 0.3) is 0 Å². The monoisotopic (exact) mass is 354 g/mol. The van der Waals surface area contributed by atoms with E-state index in [1.807, 2.05) is 12.0 Å². The van der Waals surface area contributed by atoms with E-state index in [1.54, 1.807) is 18.2 Å². The molecule has 0 aliphatic rings. The number of methoxy groups -OCH3 is 1. The number of ether oxygens (including phenoxy) is 2. The highest BCUT2D eigenvalue weighted by molar-refractivity contribution is 6.33. The predicted octanol–water partition coefficient (Wildman–Crippen LogP) is 2.35. The van der Waals surface area contributed by atoms with Gasteiger partial charge in [0.15, 0.2) is 17.2 Å². The second-order valence-corrected chi connectivity index (χ2v) is 4.97. The zero-order valence-corrected chi connectivity index (χ0v) is 13.7. The molecule has 0 spiro atoms. The molecule has 0 aliphatic carbocycles. The third kappa shape index (κ3) is 3.74. The molecule has 9 nitrogen and oxygen atoms in total. The highest BCUT2D eigenvalue weighted by Crippen LogP contribution is 2.30. The van der Waals surface area contributed by atoms with Crippen molar-refractivity contribution in [2.75, 3.05) is 19.0 Å². The average Bonchev–Trinajstić information content (AvgIpc) is 2.56. The molecule has 0 saturated carbocycles. The molecule has 1 aromatic carbocycles. The lowest BCUT2D eigenvalue weighted by molar-refractivity contribution is -0.389. The minimum absolute atomic E-state index is 0.140. The summed E-state index contributed by atoms with van der Waals surface area (Å²) in [6, 6.07) is 5.21. The zero-order chi connectivity index (χ0) is 17.7. The lowest BCUT2D eigenvalue weighted by Crippen LogP contribution is -2.15. The van der Waals surface area contributed by atoms with Crippen molar-refractivity contribution in [3.63, 3.8) is 0 Å². The van der Waals surface area contributed by atoms with E-state index in [2.05, 4.69) is 10.4 Å². The molecule has 0 aliphatic heterocycles. The first-order valence-corrected chi connectivity index (χ1v) is 7.31. The van der Waals surface area contributed by atoms with Crippen LogP contribution >= 0.6 is 11.6 Å². The molecule has 2 aromatic rings. The van der Waals surface area contributed by atoms with Gasteiger partial charge in [-0.15, -0.1) is 5.10 Å². The van der Waals surface area contributed by atoms with Crippen molar-refractivity contribution >= 4 is 23.1 Å². The van der Waals surface area contributed by atoms with Crippen LogP contribution in [0.5, 0.6) is 11.5 Å². The van der Waals surface area contributed by atoms with Gasteiger partial charge in [0.2, 0.25) is 0 Å². The number of aromatic nitrogens is 2. The molecule has 128 valence electrons. The van der Waals surface area contributed by atoms with Gasteiger partial charge in [0, 0.05) is 6.54 Å². The van der Waals surface area contributed by atoms with Crippen LogP contribution in [0.3, 0.4) is 0 Å². The van der Waals surface area contributed by atoms with E-state index in [-0.39, 0.29) is 17.3 Å². The van der Waals surface area contributed by atoms with Crippen LogP contribution in [-0.4, -0.2) is 28.8 Å². The maximum atomic E-state index is 11.5. The minimum atomic E-state index is -0.732. The van der Waals surface area contributed by atoms with Crippen molar-refractivity contribution in [3.05, 3.63) is 49.3 Å². The molecule has 0 saturated heterocycles. The summed E-state index contributed by atoms with van der Waals surface area (Å²) in [5, 5.41) is 18.8. The number of benzene rings is 1. The Balaban J connectivity index is 2.28. The van der Waals surface area contributed by atoms with Crippen LogP contribution in [0.4, 0.5) is 11.5 Å². The van der Waals surface area contributed by atoms with Crippen molar-refractivity contribution in [2.24, 2.45) is 0 Å². The molecular formula is C14H15ClN4O5. The molecule has 1 aromatic heterocycles. The Hall–Kier alpha value is -2.81. The molecule has 10 heteroatoms. The van der Waals surface area contributed by atoms with Crippen LogP contribution in [0.2, 0.25) is 5.02 Å². The number of nitrogens with zero attached hydrogens (tertiary/aromatic N) is 2. The van der Waals surface area contributed by atoms with Crippen LogP contribution in [0, 0.1) is 10.1 Å². The lowest BCUT2D eigenvalue weighted by Gasteiger charge is -2.12. The molecule has 0 unspecified atom stereocenters. The van der Waals surface area contributed by atoms with Gasteiger partial charge < -0.3 is 24.9 Å². The fraction of sp³-hybridized carbons (Fsp3) is 0.286. The standard InChI is InChI=1S/C14H15ClN4O5/c1-3-24-10-6-8(4-5-9(10)23-2)7-16-12-11(15)14(20)18-17-13(12)19(21)22/h4-6H,3,7H2,1-2H3,(H2,16,18,20). The number of anilines is 1. The highest BCUT2D eigenvalue weighted by atomic mass is 35.5. The maximum Gasteiger partial charge on any atom is 0.413 e. The number of rotatable bonds is 7. The van der Waals surface area contributed by atoms with E-state index in [9.17, 15) is 14.9 Å². The topological polar surface area (TPSA) is 119 Å². The molecule has 2 N–H and O–H groups in total. The molecule has 24 heavy (non-hydrogen) atoms. The van der Waals surface area contributed by atoms with Crippen LogP contribution < -0.4 is 20.3 Å². The van der Waals surface area contributed by atoms with Crippen molar-refractivity contribution in [1.82, 2.24) is 10.2 Å². The van der Waals surface area contributed by atoms with Crippen molar-refractivity contribution < 1.29 is 14.4 Å². The number of nitrogens with one attached hydrogen (secondary N) is 2. The van der Waals surface area contributed by atoms with Crippen LogP contribution in [-0.2, 0) is 6.54 Å². The van der Waals surface area contributed by atoms with E-state index < -0.39 is 16.3 Å². The molecule has 0 amide bonds. The van der Waals surface area contributed by atoms with E-state index >= 15 is 0 Å². The number of hydrogen-bond acceptors (Lipinski definition) is 7. The summed E-state index contributed by atoms with van der Waals surface area (Å²) >= 11 is 5.84. The summed E-state index contributed by atoms with van der Waals surface area (Å²) in [6.45, 7) is 2.48. The first kappa shape index (κ1) is 17.5. The molecule has 0 atom stereocenters. The first-order valence-electron chi connectivity index (χ1n) is 6.94. The maximum absolute atomic E-state index is 11.5. The highest BCUT2D eigenvalue weighted by Gasteiger charge is 2.22. The van der Waals surface area contributed by atoms with Crippen LogP contribution in [0.15, 0.2) is 23.0 Å². The van der Waals surface area contributed by atoms with Gasteiger partial charge in [0.05, 0.1) is 18.8 Å². The second-order valence-electron chi connectivity index (χ2n) is 4.59. The lowest BCUT2D eigenvalue weighted by atomic mass is 10.2. The Morgan fingerprint density at radius 1 is 1.42 bits per heavy atom. The number of H-pyrrole nitrogens is 1. The molecule has 0 bridgehead atoms. The summed E-state index contributed by atoms with van der Waals surface area (Å²) < 4.78 is 10.7. The van der Waals surface area contributed by atoms with Crippen molar-refractivity contribution in [2.45, 2.75) is 13.5 Å². The molecule has 1 heterocycles. The number of hydrogen-bond donors (Lipinski definition) is 2. The molecule has 0 radical (unpaired) electrons. The van der Waals surface area contributed by atoms with Gasteiger partial charge in [-0.05, 0) is 29.5 Å². The predicted molar refractivity (Wildman–Crippen MR) is 88.0 cm³/mol. The van der Waals surface area contributed by atoms with Gasteiger partial charge in [0.1, 0.15) is 5.02 Å².